The van der Waals surface area contributed by atoms with Gasteiger partial charge in [0, 0.05) is 32.1 Å². The number of hydrogen-bond acceptors (Lipinski definition) is 5. The van der Waals surface area contributed by atoms with E-state index >= 15 is 0 Å². The lowest BCUT2D eigenvalue weighted by molar-refractivity contribution is -0.145. The van der Waals surface area contributed by atoms with Crippen molar-refractivity contribution in [2.24, 2.45) is 5.92 Å². The van der Waals surface area contributed by atoms with Gasteiger partial charge >= 0.3 is 5.97 Å². The number of rotatable bonds is 7. The van der Waals surface area contributed by atoms with Crippen LogP contribution in [0, 0.1) is 12.8 Å². The Morgan fingerprint density at radius 3 is 2.76 bits per heavy atom. The Labute approximate surface area is 148 Å². The van der Waals surface area contributed by atoms with Gasteiger partial charge in [-0.05, 0) is 31.2 Å². The van der Waals surface area contributed by atoms with Crippen molar-refractivity contribution < 1.29 is 13.9 Å². The molecule has 1 aromatic heterocycles. The Morgan fingerprint density at radius 1 is 1.48 bits per heavy atom. The number of alkyl halides is 1. The molecular weight excluding hydrogens is 325 g/mol. The number of aryl methyl sites for hydroxylation is 1. The van der Waals surface area contributed by atoms with E-state index in [1.807, 2.05) is 20.8 Å². The molecule has 140 valence electrons. The van der Waals surface area contributed by atoms with E-state index in [1.165, 1.54) is 17.9 Å². The molecular formula is C18H28FN3O3. The van der Waals surface area contributed by atoms with Crippen LogP contribution in [0.15, 0.2) is 10.9 Å². The van der Waals surface area contributed by atoms with E-state index in [9.17, 15) is 14.0 Å². The molecule has 7 heteroatoms. The number of likely N-dealkylation sites (tertiary alicyclic amines) is 1. The summed E-state index contributed by atoms with van der Waals surface area (Å²) in [5.74, 6) is -0.244. The number of nitrogens with zero attached hydrogens (tertiary/aromatic N) is 3. The fourth-order valence-electron chi connectivity index (χ4n) is 3.19. The summed E-state index contributed by atoms with van der Waals surface area (Å²) in [6.07, 6.45) is 0.925. The van der Waals surface area contributed by atoms with Crippen LogP contribution in [0.25, 0.3) is 0 Å². The van der Waals surface area contributed by atoms with Crippen molar-refractivity contribution in [1.82, 2.24) is 14.7 Å². The van der Waals surface area contributed by atoms with Crippen LogP contribution in [0.5, 0.6) is 0 Å². The fraction of sp³-hybridized carbons (Fsp3) is 0.722. The number of ether oxygens (including phenoxy) is 1. The summed E-state index contributed by atoms with van der Waals surface area (Å²) in [5, 5.41) is 4.46. The molecule has 1 unspecified atom stereocenters. The monoisotopic (exact) mass is 353 g/mol. The number of methoxy groups -OCH3 is 1. The second-order valence-electron chi connectivity index (χ2n) is 7.16. The zero-order valence-corrected chi connectivity index (χ0v) is 15.5. The predicted molar refractivity (Wildman–Crippen MR) is 93.4 cm³/mol. The third kappa shape index (κ3) is 5.11. The molecule has 0 spiro atoms. The third-order valence-electron chi connectivity index (χ3n) is 4.59. The number of carbonyl (C=O) groups excluding carboxylic acids is 1. The molecule has 0 saturated carbocycles. The first-order valence-electron chi connectivity index (χ1n) is 8.85. The molecule has 0 aliphatic carbocycles. The highest BCUT2D eigenvalue weighted by Crippen LogP contribution is 2.18. The van der Waals surface area contributed by atoms with Gasteiger partial charge in [-0.25, -0.2) is 13.9 Å². The molecule has 2 atom stereocenters. The molecule has 1 aromatic rings. The molecule has 1 aliphatic heterocycles. The van der Waals surface area contributed by atoms with E-state index in [2.05, 4.69) is 10.00 Å². The quantitative estimate of drug-likeness (QED) is 0.701. The molecule has 0 amide bonds. The fourth-order valence-corrected chi connectivity index (χ4v) is 3.19. The maximum atomic E-state index is 13.3. The molecule has 6 nitrogen and oxygen atoms in total. The highest BCUT2D eigenvalue weighted by molar-refractivity contribution is 5.73. The summed E-state index contributed by atoms with van der Waals surface area (Å²) in [6.45, 7) is 7.70. The summed E-state index contributed by atoms with van der Waals surface area (Å²) in [5.41, 5.74) is 1.26. The topological polar surface area (TPSA) is 64.4 Å². The smallest absolute Gasteiger partial charge is 0.330 e. The van der Waals surface area contributed by atoms with Crippen molar-refractivity contribution in [2.45, 2.75) is 52.2 Å². The van der Waals surface area contributed by atoms with E-state index < -0.39 is 18.2 Å². The van der Waals surface area contributed by atoms with Crippen molar-refractivity contribution in [3.8, 4) is 0 Å². The van der Waals surface area contributed by atoms with Crippen molar-refractivity contribution in [3.05, 3.63) is 27.7 Å². The Hall–Kier alpha value is -1.76. The predicted octanol–water partition coefficient (Wildman–Crippen LogP) is 1.90. The zero-order valence-electron chi connectivity index (χ0n) is 15.5. The third-order valence-corrected chi connectivity index (χ3v) is 4.59. The normalized spacial score (nSPS) is 19.4. The first-order chi connectivity index (χ1) is 11.8. The minimum Gasteiger partial charge on any atom is -0.467 e. The average Bonchev–Trinajstić information content (AvgIpc) is 2.96. The van der Waals surface area contributed by atoms with Gasteiger partial charge in [-0.2, -0.15) is 5.10 Å². The van der Waals surface area contributed by atoms with Gasteiger partial charge in [-0.1, -0.05) is 13.8 Å². The standard InChI is InChI=1S/C18H28FN3O3/c1-12(2)9-16(18(24)25-4)22-17(23)10-13(3)15(20-22)6-8-21-7-5-14(19)11-21/h10,12,14,16H,5-9,11H2,1-4H3/t14-,16?/m1/s1. The average molecular weight is 353 g/mol. The first kappa shape index (κ1) is 19.6. The van der Waals surface area contributed by atoms with Crippen LogP contribution < -0.4 is 5.56 Å². The second kappa shape index (κ2) is 8.56. The van der Waals surface area contributed by atoms with Crippen molar-refractivity contribution in [2.75, 3.05) is 26.7 Å². The number of halogens is 1. The lowest BCUT2D eigenvalue weighted by Gasteiger charge is -2.20. The Kier molecular flexibility index (Phi) is 6.70. The Morgan fingerprint density at radius 2 is 2.20 bits per heavy atom. The molecule has 0 bridgehead atoms. The van der Waals surface area contributed by atoms with Crippen LogP contribution in [0.4, 0.5) is 4.39 Å². The van der Waals surface area contributed by atoms with E-state index in [4.69, 9.17) is 4.74 Å². The lowest BCUT2D eigenvalue weighted by Crippen LogP contribution is -2.35. The van der Waals surface area contributed by atoms with Crippen molar-refractivity contribution in [1.29, 1.82) is 0 Å². The highest BCUT2D eigenvalue weighted by atomic mass is 19.1. The van der Waals surface area contributed by atoms with Crippen LogP contribution in [0.1, 0.15) is 44.0 Å². The molecule has 1 saturated heterocycles. The van der Waals surface area contributed by atoms with Crippen LogP contribution in [0.2, 0.25) is 0 Å². The summed E-state index contributed by atoms with van der Waals surface area (Å²) in [7, 11) is 1.32. The van der Waals surface area contributed by atoms with E-state index in [-0.39, 0.29) is 11.5 Å². The van der Waals surface area contributed by atoms with Crippen LogP contribution in [-0.4, -0.2) is 53.6 Å². The minimum atomic E-state index is -0.752. The number of carbonyl (C=O) groups is 1. The maximum Gasteiger partial charge on any atom is 0.330 e. The molecule has 1 aliphatic rings. The van der Waals surface area contributed by atoms with Crippen molar-refractivity contribution >= 4 is 5.97 Å². The van der Waals surface area contributed by atoms with Gasteiger partial charge in [0.15, 0.2) is 6.04 Å². The van der Waals surface area contributed by atoms with E-state index in [1.54, 1.807) is 0 Å². The Balaban J connectivity index is 2.22. The molecule has 0 aromatic carbocycles. The molecule has 2 heterocycles. The summed E-state index contributed by atoms with van der Waals surface area (Å²) >= 11 is 0. The van der Waals surface area contributed by atoms with E-state index in [0.717, 1.165) is 17.8 Å². The molecule has 1 fully saturated rings. The largest absolute Gasteiger partial charge is 0.467 e. The molecule has 2 rings (SSSR count). The van der Waals surface area contributed by atoms with Gasteiger partial charge in [0.2, 0.25) is 0 Å². The summed E-state index contributed by atoms with van der Waals surface area (Å²) < 4.78 is 19.4. The van der Waals surface area contributed by atoms with Gasteiger partial charge < -0.3 is 4.74 Å². The SMILES string of the molecule is COC(=O)C(CC(C)C)n1nc(CCN2CC[C@@H](F)C2)c(C)cc1=O. The van der Waals surface area contributed by atoms with Crippen LogP contribution >= 0.6 is 0 Å². The van der Waals surface area contributed by atoms with Gasteiger partial charge in [0.1, 0.15) is 6.17 Å². The van der Waals surface area contributed by atoms with Gasteiger partial charge in [0.25, 0.3) is 5.56 Å². The summed E-state index contributed by atoms with van der Waals surface area (Å²) in [6, 6.07) is 0.791. The van der Waals surface area contributed by atoms with Crippen molar-refractivity contribution in [3.63, 3.8) is 0 Å². The zero-order chi connectivity index (χ0) is 18.6. The number of aromatic nitrogens is 2. The van der Waals surface area contributed by atoms with E-state index in [0.29, 0.717) is 32.4 Å². The highest BCUT2D eigenvalue weighted by Gasteiger charge is 2.26. The number of hydrogen-bond donors (Lipinski definition) is 0. The van der Waals surface area contributed by atoms with Crippen LogP contribution in [0.3, 0.4) is 0 Å². The van der Waals surface area contributed by atoms with Crippen LogP contribution in [-0.2, 0) is 16.0 Å². The number of esters is 1. The maximum absolute atomic E-state index is 13.3. The Bertz CT molecular complexity index is 659. The molecule has 25 heavy (non-hydrogen) atoms. The first-order valence-corrected chi connectivity index (χ1v) is 8.85. The lowest BCUT2D eigenvalue weighted by atomic mass is 10.0. The van der Waals surface area contributed by atoms with Gasteiger partial charge in [-0.15, -0.1) is 0 Å². The minimum absolute atomic E-state index is 0.216. The van der Waals surface area contributed by atoms with Gasteiger partial charge in [0.05, 0.1) is 12.8 Å². The molecule has 0 radical (unpaired) electrons. The summed E-state index contributed by atoms with van der Waals surface area (Å²) in [4.78, 5) is 26.6. The van der Waals surface area contributed by atoms with Gasteiger partial charge in [-0.3, -0.25) is 9.69 Å². The molecule has 0 N–H and O–H groups in total. The second-order valence-corrected chi connectivity index (χ2v) is 7.16.